The average molecular weight is 304 g/mol. The summed E-state index contributed by atoms with van der Waals surface area (Å²) in [5.41, 5.74) is 1.81. The molecule has 2 aliphatic heterocycles. The lowest BCUT2D eigenvalue weighted by atomic mass is 10.1. The quantitative estimate of drug-likeness (QED) is 0.807. The average Bonchev–Trinajstić information content (AvgIpc) is 3.26. The molecule has 2 saturated heterocycles. The summed E-state index contributed by atoms with van der Waals surface area (Å²) in [6, 6.07) is 2.30. The van der Waals surface area contributed by atoms with Gasteiger partial charge in [0.05, 0.1) is 24.9 Å². The molecule has 3 heterocycles. The molecule has 6 nitrogen and oxygen atoms in total. The molecule has 22 heavy (non-hydrogen) atoms. The van der Waals surface area contributed by atoms with E-state index < -0.39 is 0 Å². The molecule has 0 aromatic carbocycles. The van der Waals surface area contributed by atoms with Crippen LogP contribution < -0.4 is 0 Å². The highest BCUT2D eigenvalue weighted by Gasteiger charge is 2.35. The second-order valence-corrected chi connectivity index (χ2v) is 7.06. The van der Waals surface area contributed by atoms with E-state index in [2.05, 4.69) is 17.0 Å². The number of amides is 1. The number of aromatic nitrogens is 2. The summed E-state index contributed by atoms with van der Waals surface area (Å²) in [6.07, 6.45) is 2.42. The molecule has 1 saturated carbocycles. The van der Waals surface area contributed by atoms with Gasteiger partial charge in [0.15, 0.2) is 0 Å². The monoisotopic (exact) mass is 304 g/mol. The highest BCUT2D eigenvalue weighted by Crippen LogP contribution is 2.39. The summed E-state index contributed by atoms with van der Waals surface area (Å²) in [6.45, 7) is 4.01. The lowest BCUT2D eigenvalue weighted by Gasteiger charge is -2.29. The van der Waals surface area contributed by atoms with Crippen LogP contribution in [-0.4, -0.2) is 71.4 Å². The van der Waals surface area contributed by atoms with Crippen LogP contribution >= 0.6 is 0 Å². The Morgan fingerprint density at radius 2 is 2.05 bits per heavy atom. The van der Waals surface area contributed by atoms with E-state index in [1.807, 2.05) is 18.0 Å². The van der Waals surface area contributed by atoms with Gasteiger partial charge in [0.2, 0.25) is 0 Å². The van der Waals surface area contributed by atoms with E-state index in [-0.39, 0.29) is 5.91 Å². The van der Waals surface area contributed by atoms with Gasteiger partial charge < -0.3 is 9.64 Å². The highest BCUT2D eigenvalue weighted by atomic mass is 16.5. The van der Waals surface area contributed by atoms with E-state index in [1.165, 1.54) is 12.8 Å². The summed E-state index contributed by atoms with van der Waals surface area (Å²) in [4.78, 5) is 17.3. The van der Waals surface area contributed by atoms with Gasteiger partial charge in [-0.15, -0.1) is 0 Å². The molecule has 3 fully saturated rings. The van der Waals surface area contributed by atoms with Crippen molar-refractivity contribution in [2.75, 3.05) is 39.9 Å². The molecule has 0 spiro atoms. The Morgan fingerprint density at radius 3 is 2.82 bits per heavy atom. The lowest BCUT2D eigenvalue weighted by molar-refractivity contribution is 0.0427. The van der Waals surface area contributed by atoms with Crippen LogP contribution in [0.5, 0.6) is 0 Å². The van der Waals surface area contributed by atoms with Crippen LogP contribution in [0.2, 0.25) is 0 Å². The first-order valence-electron chi connectivity index (χ1n) is 8.23. The zero-order valence-corrected chi connectivity index (χ0v) is 13.4. The Hall–Kier alpha value is -1.40. The van der Waals surface area contributed by atoms with Crippen LogP contribution in [0.25, 0.3) is 0 Å². The Balaban J connectivity index is 1.57. The van der Waals surface area contributed by atoms with Crippen molar-refractivity contribution in [1.82, 2.24) is 19.6 Å². The standard InChI is InChI=1S/C16H24N4O2/c1-18-6-11-7-20(8-13(18)10-22-9-11)16(21)15-5-14(12-3-4-12)17-19(15)2/h5,11-13H,3-4,6-10H2,1-2H3/t11-,13+/m1/s1. The Bertz CT molecular complexity index is 581. The molecule has 1 aromatic rings. The number of hydrogen-bond donors (Lipinski definition) is 0. The minimum absolute atomic E-state index is 0.120. The third-order valence-corrected chi connectivity index (χ3v) is 5.14. The Morgan fingerprint density at radius 1 is 1.23 bits per heavy atom. The van der Waals surface area contributed by atoms with Gasteiger partial charge in [0.25, 0.3) is 5.91 Å². The Labute approximate surface area is 131 Å². The molecule has 1 aromatic heterocycles. The Kier molecular flexibility index (Phi) is 3.46. The topological polar surface area (TPSA) is 50.6 Å². The van der Waals surface area contributed by atoms with E-state index in [9.17, 15) is 4.79 Å². The maximum Gasteiger partial charge on any atom is 0.272 e. The smallest absolute Gasteiger partial charge is 0.272 e. The van der Waals surface area contributed by atoms with Crippen molar-refractivity contribution in [3.63, 3.8) is 0 Å². The predicted octanol–water partition coefficient (Wildman–Crippen LogP) is 0.700. The fraction of sp³-hybridized carbons (Fsp3) is 0.750. The number of aryl methyl sites for hydroxylation is 1. The number of nitrogens with zero attached hydrogens (tertiary/aromatic N) is 4. The molecule has 0 radical (unpaired) electrons. The largest absolute Gasteiger partial charge is 0.379 e. The summed E-state index contributed by atoms with van der Waals surface area (Å²) >= 11 is 0. The first-order chi connectivity index (χ1) is 10.6. The second kappa shape index (κ2) is 5.35. The molecular formula is C16H24N4O2. The molecule has 0 N–H and O–H groups in total. The van der Waals surface area contributed by atoms with Gasteiger partial charge in [-0.05, 0) is 26.0 Å². The number of carbonyl (C=O) groups excluding carboxylic acids is 1. The van der Waals surface area contributed by atoms with E-state index in [0.717, 1.165) is 44.2 Å². The first kappa shape index (κ1) is 14.2. The SMILES string of the molecule is CN1C[C@H]2COC[C@@H]1CN(C(=O)c1cc(C3CC3)nn1C)C2. The van der Waals surface area contributed by atoms with Crippen LogP contribution in [-0.2, 0) is 11.8 Å². The van der Waals surface area contributed by atoms with E-state index in [4.69, 9.17) is 4.74 Å². The molecule has 0 unspecified atom stereocenters. The van der Waals surface area contributed by atoms with Crippen LogP contribution in [0.15, 0.2) is 6.07 Å². The van der Waals surface area contributed by atoms with E-state index in [1.54, 1.807) is 4.68 Å². The van der Waals surface area contributed by atoms with Crippen molar-refractivity contribution in [2.45, 2.75) is 24.8 Å². The van der Waals surface area contributed by atoms with Crippen LogP contribution in [0.4, 0.5) is 0 Å². The van der Waals surface area contributed by atoms with Crippen molar-refractivity contribution in [3.05, 3.63) is 17.5 Å². The highest BCUT2D eigenvalue weighted by molar-refractivity contribution is 5.92. The van der Waals surface area contributed by atoms with Gasteiger partial charge in [-0.3, -0.25) is 14.4 Å². The third kappa shape index (κ3) is 2.54. The number of hydrogen-bond acceptors (Lipinski definition) is 4. The van der Waals surface area contributed by atoms with Gasteiger partial charge in [-0.1, -0.05) is 0 Å². The predicted molar refractivity (Wildman–Crippen MR) is 81.8 cm³/mol. The van der Waals surface area contributed by atoms with Gasteiger partial charge >= 0.3 is 0 Å². The van der Waals surface area contributed by atoms with Crippen molar-refractivity contribution in [3.8, 4) is 0 Å². The summed E-state index contributed by atoms with van der Waals surface area (Å²) in [5.74, 6) is 1.10. The normalized spacial score (nSPS) is 29.5. The minimum atomic E-state index is 0.120. The molecule has 120 valence electrons. The number of carbonyl (C=O) groups is 1. The van der Waals surface area contributed by atoms with Crippen molar-refractivity contribution >= 4 is 5.91 Å². The van der Waals surface area contributed by atoms with Gasteiger partial charge in [0.1, 0.15) is 5.69 Å². The zero-order chi connectivity index (χ0) is 15.3. The molecule has 2 atom stereocenters. The third-order valence-electron chi connectivity index (χ3n) is 5.14. The molecular weight excluding hydrogens is 280 g/mol. The van der Waals surface area contributed by atoms with Crippen LogP contribution in [0.1, 0.15) is 34.9 Å². The van der Waals surface area contributed by atoms with E-state index in [0.29, 0.717) is 17.9 Å². The van der Waals surface area contributed by atoms with Crippen LogP contribution in [0, 0.1) is 5.92 Å². The van der Waals surface area contributed by atoms with Crippen LogP contribution in [0.3, 0.4) is 0 Å². The maximum absolute atomic E-state index is 13.0. The summed E-state index contributed by atoms with van der Waals surface area (Å²) in [7, 11) is 4.02. The zero-order valence-electron chi connectivity index (χ0n) is 13.4. The maximum atomic E-state index is 13.0. The fourth-order valence-electron chi connectivity index (χ4n) is 3.65. The molecule has 2 bridgehead atoms. The summed E-state index contributed by atoms with van der Waals surface area (Å²) < 4.78 is 7.50. The van der Waals surface area contributed by atoms with Gasteiger partial charge in [0, 0.05) is 38.5 Å². The number of rotatable bonds is 2. The molecule has 4 rings (SSSR count). The van der Waals surface area contributed by atoms with Gasteiger partial charge in [-0.2, -0.15) is 5.10 Å². The number of fused-ring (bicyclic) bond motifs is 3. The van der Waals surface area contributed by atoms with Gasteiger partial charge in [-0.25, -0.2) is 0 Å². The number of ether oxygens (including phenoxy) is 1. The number of likely N-dealkylation sites (N-methyl/N-ethyl adjacent to an activating group) is 1. The second-order valence-electron chi connectivity index (χ2n) is 7.06. The first-order valence-corrected chi connectivity index (χ1v) is 8.23. The van der Waals surface area contributed by atoms with Crippen molar-refractivity contribution < 1.29 is 9.53 Å². The van der Waals surface area contributed by atoms with Crippen molar-refractivity contribution in [1.29, 1.82) is 0 Å². The minimum Gasteiger partial charge on any atom is -0.379 e. The summed E-state index contributed by atoms with van der Waals surface area (Å²) in [5, 5.41) is 4.53. The molecule has 1 aliphatic carbocycles. The fourth-order valence-corrected chi connectivity index (χ4v) is 3.65. The molecule has 1 amide bonds. The molecule has 3 aliphatic rings. The molecule has 6 heteroatoms. The van der Waals surface area contributed by atoms with Crippen molar-refractivity contribution in [2.24, 2.45) is 13.0 Å². The van der Waals surface area contributed by atoms with E-state index >= 15 is 0 Å². The lowest BCUT2D eigenvalue weighted by Crippen LogP contribution is -2.45.